The molecule has 158 valence electrons. The van der Waals surface area contributed by atoms with Crippen molar-refractivity contribution in [1.29, 1.82) is 0 Å². The molecule has 3 rings (SSSR count). The van der Waals surface area contributed by atoms with Crippen LogP contribution in [0, 0.1) is 0 Å². The molecule has 1 aromatic heterocycles. The second-order valence-corrected chi connectivity index (χ2v) is 6.83. The standard InChI is InChI=1S/C22H22F3N3O2/c23-22(24,25)16-30-15-18-8-6-17(7-9-18)12-26-21(29)11-10-19-13-27-28(14-19)20-4-2-1-3-5-20/h1-9,13-14H,10-12,15-16H2,(H,26,29). The zero-order chi connectivity index (χ0) is 21.4. The second-order valence-electron chi connectivity index (χ2n) is 6.83. The number of amides is 1. The molecule has 0 fully saturated rings. The molecule has 1 heterocycles. The summed E-state index contributed by atoms with van der Waals surface area (Å²) in [6.07, 6.45) is 0.241. The van der Waals surface area contributed by atoms with Crippen LogP contribution in [0.4, 0.5) is 13.2 Å². The van der Waals surface area contributed by atoms with E-state index in [9.17, 15) is 18.0 Å². The van der Waals surface area contributed by atoms with Crippen LogP contribution in [-0.4, -0.2) is 28.5 Å². The average molecular weight is 417 g/mol. The predicted molar refractivity (Wildman–Crippen MR) is 106 cm³/mol. The van der Waals surface area contributed by atoms with Crippen molar-refractivity contribution < 1.29 is 22.7 Å². The van der Waals surface area contributed by atoms with Crippen molar-refractivity contribution in [3.63, 3.8) is 0 Å². The van der Waals surface area contributed by atoms with E-state index in [0.717, 1.165) is 16.8 Å². The molecule has 0 aliphatic heterocycles. The van der Waals surface area contributed by atoms with Gasteiger partial charge in [0.1, 0.15) is 6.61 Å². The van der Waals surface area contributed by atoms with Gasteiger partial charge in [0.05, 0.1) is 18.5 Å². The topological polar surface area (TPSA) is 56.2 Å². The molecule has 8 heteroatoms. The van der Waals surface area contributed by atoms with Crippen LogP contribution in [0.3, 0.4) is 0 Å². The molecule has 0 saturated carbocycles. The number of rotatable bonds is 9. The molecule has 0 radical (unpaired) electrons. The molecule has 0 saturated heterocycles. The van der Waals surface area contributed by atoms with Crippen molar-refractivity contribution >= 4 is 5.91 Å². The van der Waals surface area contributed by atoms with Gasteiger partial charge in [0.2, 0.25) is 5.91 Å². The number of para-hydroxylation sites is 1. The van der Waals surface area contributed by atoms with Gasteiger partial charge in [0.25, 0.3) is 0 Å². The number of nitrogens with one attached hydrogen (secondary N) is 1. The first-order valence-electron chi connectivity index (χ1n) is 9.47. The lowest BCUT2D eigenvalue weighted by atomic mass is 10.1. The van der Waals surface area contributed by atoms with Gasteiger partial charge in [-0.1, -0.05) is 42.5 Å². The third-order valence-electron chi connectivity index (χ3n) is 4.34. The quantitative estimate of drug-likeness (QED) is 0.568. The highest BCUT2D eigenvalue weighted by molar-refractivity contribution is 5.76. The summed E-state index contributed by atoms with van der Waals surface area (Å²) in [5.74, 6) is -0.0833. The van der Waals surface area contributed by atoms with Gasteiger partial charge in [-0.2, -0.15) is 18.3 Å². The van der Waals surface area contributed by atoms with Crippen molar-refractivity contribution in [3.05, 3.63) is 83.7 Å². The number of halogens is 3. The SMILES string of the molecule is O=C(CCc1cnn(-c2ccccc2)c1)NCc1ccc(COCC(F)(F)F)cc1. The number of alkyl halides is 3. The van der Waals surface area contributed by atoms with Crippen LogP contribution in [0.1, 0.15) is 23.1 Å². The lowest BCUT2D eigenvalue weighted by Crippen LogP contribution is -2.23. The number of benzene rings is 2. The Hall–Kier alpha value is -3.13. The first kappa shape index (κ1) is 21.6. The van der Waals surface area contributed by atoms with Gasteiger partial charge in [0.15, 0.2) is 0 Å². The van der Waals surface area contributed by atoms with Crippen LogP contribution < -0.4 is 5.32 Å². The summed E-state index contributed by atoms with van der Waals surface area (Å²) in [5, 5.41) is 7.16. The molecular formula is C22H22F3N3O2. The van der Waals surface area contributed by atoms with E-state index in [1.54, 1.807) is 35.1 Å². The Morgan fingerprint density at radius 1 is 1.00 bits per heavy atom. The van der Waals surface area contributed by atoms with Gasteiger partial charge in [-0.25, -0.2) is 4.68 Å². The van der Waals surface area contributed by atoms with Crippen molar-refractivity contribution in [2.45, 2.75) is 32.2 Å². The minimum absolute atomic E-state index is 0.0833. The molecule has 1 amide bonds. The zero-order valence-electron chi connectivity index (χ0n) is 16.2. The zero-order valence-corrected chi connectivity index (χ0v) is 16.2. The Labute approximate surface area is 172 Å². The fourth-order valence-electron chi connectivity index (χ4n) is 2.80. The van der Waals surface area contributed by atoms with Crippen molar-refractivity contribution in [2.75, 3.05) is 6.61 Å². The number of hydrogen-bond donors (Lipinski definition) is 1. The number of ether oxygens (including phenoxy) is 1. The molecule has 1 N–H and O–H groups in total. The van der Waals surface area contributed by atoms with Gasteiger partial charge in [0, 0.05) is 19.2 Å². The number of aromatic nitrogens is 2. The normalized spacial score (nSPS) is 11.4. The smallest absolute Gasteiger partial charge is 0.367 e. The Morgan fingerprint density at radius 3 is 2.40 bits per heavy atom. The van der Waals surface area contributed by atoms with Gasteiger partial charge in [-0.3, -0.25) is 4.79 Å². The summed E-state index contributed by atoms with van der Waals surface area (Å²) in [6, 6.07) is 16.6. The predicted octanol–water partition coefficient (Wildman–Crippen LogP) is 4.20. The molecule has 0 unspecified atom stereocenters. The van der Waals surface area contributed by atoms with E-state index in [-0.39, 0.29) is 12.5 Å². The Balaban J connectivity index is 1.39. The highest BCUT2D eigenvalue weighted by atomic mass is 19.4. The molecule has 0 atom stereocenters. The van der Waals surface area contributed by atoms with E-state index in [2.05, 4.69) is 15.2 Å². The first-order chi connectivity index (χ1) is 14.4. The molecule has 0 spiro atoms. The van der Waals surface area contributed by atoms with E-state index >= 15 is 0 Å². The summed E-state index contributed by atoms with van der Waals surface area (Å²) in [7, 11) is 0. The maximum atomic E-state index is 12.1. The Kier molecular flexibility index (Phi) is 7.24. The average Bonchev–Trinajstić information content (AvgIpc) is 3.20. The molecule has 3 aromatic rings. The summed E-state index contributed by atoms with van der Waals surface area (Å²) < 4.78 is 42.6. The van der Waals surface area contributed by atoms with E-state index in [4.69, 9.17) is 0 Å². The minimum Gasteiger partial charge on any atom is -0.367 e. The van der Waals surface area contributed by atoms with Crippen LogP contribution in [0.25, 0.3) is 5.69 Å². The molecule has 5 nitrogen and oxygen atoms in total. The fourth-order valence-corrected chi connectivity index (χ4v) is 2.80. The third kappa shape index (κ3) is 7.04. The fraction of sp³-hybridized carbons (Fsp3) is 0.273. The van der Waals surface area contributed by atoms with Crippen LogP contribution in [0.2, 0.25) is 0 Å². The highest BCUT2D eigenvalue weighted by Crippen LogP contribution is 2.16. The summed E-state index contributed by atoms with van der Waals surface area (Å²) in [5.41, 5.74) is 3.43. The third-order valence-corrected chi connectivity index (χ3v) is 4.34. The molecule has 0 aliphatic rings. The highest BCUT2D eigenvalue weighted by Gasteiger charge is 2.27. The molecule has 0 bridgehead atoms. The number of carbonyl (C=O) groups is 1. The van der Waals surface area contributed by atoms with Crippen LogP contribution >= 0.6 is 0 Å². The largest absolute Gasteiger partial charge is 0.411 e. The number of nitrogens with zero attached hydrogens (tertiary/aromatic N) is 2. The van der Waals surface area contributed by atoms with Crippen molar-refractivity contribution in [1.82, 2.24) is 15.1 Å². The van der Waals surface area contributed by atoms with E-state index in [1.165, 1.54) is 0 Å². The van der Waals surface area contributed by atoms with E-state index in [1.807, 2.05) is 36.5 Å². The van der Waals surface area contributed by atoms with Gasteiger partial charge in [-0.15, -0.1) is 0 Å². The maximum Gasteiger partial charge on any atom is 0.411 e. The van der Waals surface area contributed by atoms with Gasteiger partial charge < -0.3 is 10.1 Å². The van der Waals surface area contributed by atoms with Gasteiger partial charge in [-0.05, 0) is 35.2 Å². The van der Waals surface area contributed by atoms with Crippen LogP contribution in [0.15, 0.2) is 67.0 Å². The molecule has 30 heavy (non-hydrogen) atoms. The number of carbonyl (C=O) groups excluding carboxylic acids is 1. The second kappa shape index (κ2) is 10.1. The van der Waals surface area contributed by atoms with Crippen molar-refractivity contribution in [3.8, 4) is 5.69 Å². The molecule has 0 aliphatic carbocycles. The summed E-state index contributed by atoms with van der Waals surface area (Å²) in [6.45, 7) is -1.02. The van der Waals surface area contributed by atoms with Crippen molar-refractivity contribution in [2.24, 2.45) is 0 Å². The van der Waals surface area contributed by atoms with Crippen LogP contribution in [-0.2, 0) is 29.1 Å². The van der Waals surface area contributed by atoms with Gasteiger partial charge >= 0.3 is 6.18 Å². The summed E-state index contributed by atoms with van der Waals surface area (Å²) in [4.78, 5) is 12.1. The van der Waals surface area contributed by atoms with Crippen LogP contribution in [0.5, 0.6) is 0 Å². The Morgan fingerprint density at radius 2 is 1.70 bits per heavy atom. The van der Waals surface area contributed by atoms with E-state index < -0.39 is 12.8 Å². The lowest BCUT2D eigenvalue weighted by molar-refractivity contribution is -0.176. The Bertz CT molecular complexity index is 938. The molecular weight excluding hydrogens is 395 g/mol. The maximum absolute atomic E-state index is 12.1. The molecule has 2 aromatic carbocycles. The monoisotopic (exact) mass is 417 g/mol. The van der Waals surface area contributed by atoms with E-state index in [0.29, 0.717) is 24.9 Å². The number of aryl methyl sites for hydroxylation is 1. The summed E-state index contributed by atoms with van der Waals surface area (Å²) >= 11 is 0. The minimum atomic E-state index is -4.33. The number of hydrogen-bond acceptors (Lipinski definition) is 3. The lowest BCUT2D eigenvalue weighted by Gasteiger charge is -2.09. The first-order valence-corrected chi connectivity index (χ1v) is 9.47.